The molecule has 1 heterocycles. The molecule has 0 saturated carbocycles. The summed E-state index contributed by atoms with van der Waals surface area (Å²) in [6.45, 7) is 0. The first kappa shape index (κ1) is 11.1. The Morgan fingerprint density at radius 1 is 1.12 bits per heavy atom. The number of hydroxylamine groups is 2. The van der Waals surface area contributed by atoms with Gasteiger partial charge in [-0.3, -0.25) is 9.78 Å². The molecule has 0 aliphatic carbocycles. The summed E-state index contributed by atoms with van der Waals surface area (Å²) in [5.74, 6) is 0.328. The van der Waals surface area contributed by atoms with Crippen molar-refractivity contribution in [2.75, 3.05) is 7.05 Å². The monoisotopic (exact) mass is 228 g/mol. The highest BCUT2D eigenvalue weighted by molar-refractivity contribution is 5.91. The Morgan fingerprint density at radius 3 is 2.47 bits per heavy atom. The van der Waals surface area contributed by atoms with Crippen molar-refractivity contribution in [1.29, 1.82) is 0 Å². The standard InChI is InChI=1S/C13H12N2O2/c1-15(17-11-7-3-2-4-8-11)13(16)12-9-5-6-10-14-12/h2-10H,1H3. The summed E-state index contributed by atoms with van der Waals surface area (Å²) >= 11 is 0. The average Bonchev–Trinajstić information content (AvgIpc) is 2.40. The Labute approximate surface area is 99.4 Å². The van der Waals surface area contributed by atoms with E-state index in [4.69, 9.17) is 4.84 Å². The van der Waals surface area contributed by atoms with Crippen molar-refractivity contribution in [2.24, 2.45) is 0 Å². The Bertz CT molecular complexity index is 485. The van der Waals surface area contributed by atoms with Gasteiger partial charge in [0.05, 0.1) is 0 Å². The predicted molar refractivity (Wildman–Crippen MR) is 63.4 cm³/mol. The number of amides is 1. The summed E-state index contributed by atoms with van der Waals surface area (Å²) in [6, 6.07) is 14.3. The second-order valence-corrected chi connectivity index (χ2v) is 3.42. The van der Waals surface area contributed by atoms with Crippen LogP contribution in [0.5, 0.6) is 5.75 Å². The zero-order chi connectivity index (χ0) is 12.1. The molecular formula is C13H12N2O2. The SMILES string of the molecule is CN(Oc1ccccc1)C(=O)c1ccccn1. The quantitative estimate of drug-likeness (QED) is 0.756. The molecule has 0 fully saturated rings. The number of hydrogen-bond donors (Lipinski definition) is 0. The van der Waals surface area contributed by atoms with E-state index in [-0.39, 0.29) is 5.91 Å². The molecule has 0 atom stereocenters. The van der Waals surface area contributed by atoms with Crippen LogP contribution in [0.1, 0.15) is 10.5 Å². The molecule has 0 aliphatic rings. The predicted octanol–water partition coefficient (Wildman–Crippen LogP) is 2.15. The van der Waals surface area contributed by atoms with E-state index in [2.05, 4.69) is 4.98 Å². The molecule has 1 aromatic carbocycles. The molecule has 2 aromatic rings. The van der Waals surface area contributed by atoms with Gasteiger partial charge in [-0.25, -0.2) is 0 Å². The summed E-state index contributed by atoms with van der Waals surface area (Å²) in [6.07, 6.45) is 1.57. The Balaban J connectivity index is 2.06. The number of carbonyl (C=O) groups excluding carboxylic acids is 1. The normalized spacial score (nSPS) is 9.71. The fraction of sp³-hybridized carbons (Fsp3) is 0.0769. The van der Waals surface area contributed by atoms with E-state index in [1.807, 2.05) is 18.2 Å². The summed E-state index contributed by atoms with van der Waals surface area (Å²) in [7, 11) is 1.56. The van der Waals surface area contributed by atoms with Crippen LogP contribution in [0.25, 0.3) is 0 Å². The molecule has 0 aliphatic heterocycles. The topological polar surface area (TPSA) is 42.4 Å². The average molecular weight is 228 g/mol. The van der Waals surface area contributed by atoms with Crippen LogP contribution in [0, 0.1) is 0 Å². The highest BCUT2D eigenvalue weighted by Gasteiger charge is 2.13. The van der Waals surface area contributed by atoms with Crippen molar-refractivity contribution in [3.8, 4) is 5.75 Å². The first-order valence-electron chi connectivity index (χ1n) is 5.19. The molecule has 0 saturated heterocycles. The van der Waals surface area contributed by atoms with Crippen LogP contribution in [0.15, 0.2) is 54.7 Å². The fourth-order valence-corrected chi connectivity index (χ4v) is 1.33. The van der Waals surface area contributed by atoms with Gasteiger partial charge in [0.2, 0.25) is 0 Å². The largest absolute Gasteiger partial charge is 0.377 e. The second-order valence-electron chi connectivity index (χ2n) is 3.42. The van der Waals surface area contributed by atoms with Gasteiger partial charge in [-0.1, -0.05) is 24.3 Å². The maximum atomic E-state index is 11.9. The summed E-state index contributed by atoms with van der Waals surface area (Å²) in [4.78, 5) is 21.2. The van der Waals surface area contributed by atoms with Crippen LogP contribution in [-0.2, 0) is 0 Å². The number of para-hydroxylation sites is 1. The lowest BCUT2D eigenvalue weighted by Gasteiger charge is -2.16. The highest BCUT2D eigenvalue weighted by atomic mass is 16.7. The van der Waals surface area contributed by atoms with Crippen molar-refractivity contribution in [3.05, 3.63) is 60.4 Å². The van der Waals surface area contributed by atoms with Gasteiger partial charge in [0.15, 0.2) is 5.75 Å². The minimum absolute atomic E-state index is 0.283. The third kappa shape index (κ3) is 2.81. The number of nitrogens with zero attached hydrogens (tertiary/aromatic N) is 2. The lowest BCUT2D eigenvalue weighted by atomic mass is 10.3. The van der Waals surface area contributed by atoms with Crippen molar-refractivity contribution >= 4 is 5.91 Å². The van der Waals surface area contributed by atoms with Gasteiger partial charge in [0.25, 0.3) is 0 Å². The number of aromatic nitrogens is 1. The molecule has 4 nitrogen and oxygen atoms in total. The van der Waals surface area contributed by atoms with Crippen LogP contribution >= 0.6 is 0 Å². The third-order valence-electron chi connectivity index (χ3n) is 2.16. The van der Waals surface area contributed by atoms with Gasteiger partial charge in [0, 0.05) is 13.2 Å². The lowest BCUT2D eigenvalue weighted by Crippen LogP contribution is -2.30. The van der Waals surface area contributed by atoms with Crippen molar-refractivity contribution in [3.63, 3.8) is 0 Å². The molecule has 0 spiro atoms. The van der Waals surface area contributed by atoms with E-state index in [9.17, 15) is 4.79 Å². The van der Waals surface area contributed by atoms with Crippen LogP contribution < -0.4 is 4.84 Å². The van der Waals surface area contributed by atoms with Crippen LogP contribution in [0.2, 0.25) is 0 Å². The minimum Gasteiger partial charge on any atom is -0.377 e. The van der Waals surface area contributed by atoms with Gasteiger partial charge in [-0.15, -0.1) is 0 Å². The first-order valence-corrected chi connectivity index (χ1v) is 5.19. The third-order valence-corrected chi connectivity index (χ3v) is 2.16. The maximum absolute atomic E-state index is 11.9. The number of benzene rings is 1. The van der Waals surface area contributed by atoms with Crippen LogP contribution in [-0.4, -0.2) is 23.0 Å². The number of rotatable bonds is 3. The van der Waals surface area contributed by atoms with E-state index in [0.29, 0.717) is 11.4 Å². The molecule has 4 heteroatoms. The van der Waals surface area contributed by atoms with Crippen molar-refractivity contribution in [1.82, 2.24) is 10.0 Å². The molecule has 86 valence electrons. The van der Waals surface area contributed by atoms with E-state index in [1.165, 1.54) is 0 Å². The van der Waals surface area contributed by atoms with E-state index < -0.39 is 0 Å². The molecule has 1 amide bonds. The number of carbonyl (C=O) groups is 1. The Kier molecular flexibility index (Phi) is 3.35. The Hall–Kier alpha value is -2.36. The Morgan fingerprint density at radius 2 is 1.82 bits per heavy atom. The second kappa shape index (κ2) is 5.12. The van der Waals surface area contributed by atoms with Crippen LogP contribution in [0.3, 0.4) is 0 Å². The molecule has 0 unspecified atom stereocenters. The summed E-state index contributed by atoms with van der Waals surface area (Å²) in [5.41, 5.74) is 0.353. The van der Waals surface area contributed by atoms with Gasteiger partial charge >= 0.3 is 5.91 Å². The minimum atomic E-state index is -0.283. The van der Waals surface area contributed by atoms with E-state index in [0.717, 1.165) is 5.06 Å². The maximum Gasteiger partial charge on any atom is 0.304 e. The van der Waals surface area contributed by atoms with Crippen LogP contribution in [0.4, 0.5) is 0 Å². The first-order chi connectivity index (χ1) is 8.27. The molecule has 2 rings (SSSR count). The fourth-order valence-electron chi connectivity index (χ4n) is 1.33. The molecule has 0 N–H and O–H groups in total. The summed E-state index contributed by atoms with van der Waals surface area (Å²) < 4.78 is 0. The smallest absolute Gasteiger partial charge is 0.304 e. The number of hydrogen-bond acceptors (Lipinski definition) is 3. The van der Waals surface area contributed by atoms with E-state index in [1.54, 1.807) is 43.6 Å². The van der Waals surface area contributed by atoms with Crippen molar-refractivity contribution < 1.29 is 9.63 Å². The molecule has 1 aromatic heterocycles. The van der Waals surface area contributed by atoms with Gasteiger partial charge < -0.3 is 4.84 Å². The van der Waals surface area contributed by atoms with Crippen molar-refractivity contribution in [2.45, 2.75) is 0 Å². The lowest BCUT2D eigenvalue weighted by molar-refractivity contribution is -0.0143. The molecule has 17 heavy (non-hydrogen) atoms. The van der Waals surface area contributed by atoms with Gasteiger partial charge in [0.1, 0.15) is 5.69 Å². The zero-order valence-electron chi connectivity index (χ0n) is 9.41. The highest BCUT2D eigenvalue weighted by Crippen LogP contribution is 2.10. The van der Waals surface area contributed by atoms with Gasteiger partial charge in [-0.2, -0.15) is 5.06 Å². The number of pyridine rings is 1. The van der Waals surface area contributed by atoms with Gasteiger partial charge in [-0.05, 0) is 24.3 Å². The molecule has 0 bridgehead atoms. The molecule has 0 radical (unpaired) electrons. The molecular weight excluding hydrogens is 216 g/mol. The van der Waals surface area contributed by atoms with E-state index >= 15 is 0 Å². The zero-order valence-corrected chi connectivity index (χ0v) is 9.41. The summed E-state index contributed by atoms with van der Waals surface area (Å²) in [5, 5.41) is 1.16.